The van der Waals surface area contributed by atoms with Crippen molar-refractivity contribution in [2.24, 2.45) is 0 Å². The lowest BCUT2D eigenvalue weighted by molar-refractivity contribution is -0.130. The minimum atomic E-state index is -0.277. The first-order valence-corrected chi connectivity index (χ1v) is 8.98. The highest BCUT2D eigenvalue weighted by atomic mass is 19.1. The van der Waals surface area contributed by atoms with Crippen LogP contribution in [-0.2, 0) is 17.8 Å². The Morgan fingerprint density at radius 2 is 2.19 bits per heavy atom. The quantitative estimate of drug-likeness (QED) is 0.628. The van der Waals surface area contributed by atoms with E-state index in [0.717, 1.165) is 36.2 Å². The number of halogens is 1. The van der Waals surface area contributed by atoms with Crippen molar-refractivity contribution in [3.05, 3.63) is 54.5 Å². The SMILES string of the molecule is CN(CCCc1cc(-c2cccc(F)c2)n[nH]1)C(=O)CCCn1cncn1. The zero-order valence-electron chi connectivity index (χ0n) is 15.3. The fourth-order valence-electron chi connectivity index (χ4n) is 2.85. The number of hydrogen-bond acceptors (Lipinski definition) is 4. The number of carbonyl (C=O) groups excluding carboxylic acids is 1. The van der Waals surface area contributed by atoms with Crippen molar-refractivity contribution in [1.29, 1.82) is 0 Å². The summed E-state index contributed by atoms with van der Waals surface area (Å²) in [7, 11) is 1.82. The highest BCUT2D eigenvalue weighted by Crippen LogP contribution is 2.19. The van der Waals surface area contributed by atoms with Crippen LogP contribution in [0.3, 0.4) is 0 Å². The Hall–Kier alpha value is -3.03. The number of nitrogens with zero attached hydrogens (tertiary/aromatic N) is 5. The van der Waals surface area contributed by atoms with Gasteiger partial charge in [0.2, 0.25) is 5.91 Å². The summed E-state index contributed by atoms with van der Waals surface area (Å²) in [6.45, 7) is 1.37. The number of benzene rings is 1. The Bertz CT molecular complexity index is 861. The zero-order chi connectivity index (χ0) is 19.1. The number of hydrogen-bond donors (Lipinski definition) is 1. The van der Waals surface area contributed by atoms with Gasteiger partial charge in [0, 0.05) is 37.8 Å². The normalized spacial score (nSPS) is 10.9. The smallest absolute Gasteiger partial charge is 0.222 e. The molecule has 0 radical (unpaired) electrons. The lowest BCUT2D eigenvalue weighted by Crippen LogP contribution is -2.28. The molecule has 3 rings (SSSR count). The van der Waals surface area contributed by atoms with Gasteiger partial charge in [-0.25, -0.2) is 9.37 Å². The number of H-pyrrole nitrogens is 1. The van der Waals surface area contributed by atoms with Crippen LogP contribution in [-0.4, -0.2) is 49.4 Å². The molecule has 0 aliphatic heterocycles. The first-order chi connectivity index (χ1) is 13.1. The van der Waals surface area contributed by atoms with Crippen LogP contribution in [0.5, 0.6) is 0 Å². The average molecular weight is 370 g/mol. The largest absolute Gasteiger partial charge is 0.346 e. The third-order valence-corrected chi connectivity index (χ3v) is 4.36. The van der Waals surface area contributed by atoms with E-state index in [9.17, 15) is 9.18 Å². The van der Waals surface area contributed by atoms with E-state index in [2.05, 4.69) is 20.3 Å². The second-order valence-electron chi connectivity index (χ2n) is 6.47. The van der Waals surface area contributed by atoms with Crippen molar-refractivity contribution in [3.8, 4) is 11.3 Å². The van der Waals surface area contributed by atoms with Crippen LogP contribution >= 0.6 is 0 Å². The molecule has 2 aromatic heterocycles. The van der Waals surface area contributed by atoms with Gasteiger partial charge in [-0.1, -0.05) is 12.1 Å². The van der Waals surface area contributed by atoms with Crippen molar-refractivity contribution in [2.75, 3.05) is 13.6 Å². The molecule has 7 nitrogen and oxygen atoms in total. The van der Waals surface area contributed by atoms with Crippen LogP contribution in [0.15, 0.2) is 43.0 Å². The van der Waals surface area contributed by atoms with Gasteiger partial charge in [0.05, 0.1) is 5.69 Å². The fourth-order valence-corrected chi connectivity index (χ4v) is 2.85. The lowest BCUT2D eigenvalue weighted by Gasteiger charge is -2.16. The zero-order valence-corrected chi connectivity index (χ0v) is 15.3. The molecule has 1 N–H and O–H groups in total. The predicted octanol–water partition coefficient (Wildman–Crippen LogP) is 2.68. The molecule has 0 spiro atoms. The number of carbonyl (C=O) groups is 1. The topological polar surface area (TPSA) is 79.7 Å². The van der Waals surface area contributed by atoms with E-state index in [4.69, 9.17) is 0 Å². The molecule has 3 aromatic rings. The van der Waals surface area contributed by atoms with E-state index in [1.165, 1.54) is 18.5 Å². The highest BCUT2D eigenvalue weighted by Gasteiger charge is 2.10. The van der Waals surface area contributed by atoms with Crippen LogP contribution in [0.4, 0.5) is 4.39 Å². The Labute approximate surface area is 157 Å². The summed E-state index contributed by atoms with van der Waals surface area (Å²) in [5.41, 5.74) is 2.44. The van der Waals surface area contributed by atoms with Crippen molar-refractivity contribution in [3.63, 3.8) is 0 Å². The minimum absolute atomic E-state index is 0.125. The Balaban J connectivity index is 1.39. The third kappa shape index (κ3) is 5.47. The highest BCUT2D eigenvalue weighted by molar-refractivity contribution is 5.75. The van der Waals surface area contributed by atoms with Gasteiger partial charge in [-0.15, -0.1) is 0 Å². The van der Waals surface area contributed by atoms with E-state index in [-0.39, 0.29) is 11.7 Å². The molecule has 27 heavy (non-hydrogen) atoms. The van der Waals surface area contributed by atoms with E-state index < -0.39 is 0 Å². The van der Waals surface area contributed by atoms with Gasteiger partial charge in [-0.2, -0.15) is 10.2 Å². The number of nitrogens with one attached hydrogen (secondary N) is 1. The predicted molar refractivity (Wildman–Crippen MR) is 99.2 cm³/mol. The summed E-state index contributed by atoms with van der Waals surface area (Å²) in [6, 6.07) is 8.30. The van der Waals surface area contributed by atoms with Crippen LogP contribution in [0.2, 0.25) is 0 Å². The Kier molecular flexibility index (Phi) is 6.30. The molecule has 2 heterocycles. The molecule has 0 unspecified atom stereocenters. The molecular formula is C19H23FN6O. The summed E-state index contributed by atoms with van der Waals surface area (Å²) in [6.07, 6.45) is 5.98. The van der Waals surface area contributed by atoms with E-state index in [1.54, 1.807) is 22.0 Å². The van der Waals surface area contributed by atoms with Crippen molar-refractivity contribution in [2.45, 2.75) is 32.2 Å². The van der Waals surface area contributed by atoms with Crippen molar-refractivity contribution < 1.29 is 9.18 Å². The molecule has 1 aromatic carbocycles. The summed E-state index contributed by atoms with van der Waals surface area (Å²) in [5, 5.41) is 11.2. The van der Waals surface area contributed by atoms with Gasteiger partial charge in [-0.05, 0) is 37.5 Å². The molecule has 0 bridgehead atoms. The summed E-state index contributed by atoms with van der Waals surface area (Å²) in [4.78, 5) is 17.8. The molecule has 1 amide bonds. The summed E-state index contributed by atoms with van der Waals surface area (Å²) in [5.74, 6) is -0.152. The van der Waals surface area contributed by atoms with E-state index >= 15 is 0 Å². The Morgan fingerprint density at radius 3 is 2.96 bits per heavy atom. The maximum absolute atomic E-state index is 13.3. The molecule has 0 aliphatic rings. The maximum Gasteiger partial charge on any atom is 0.222 e. The van der Waals surface area contributed by atoms with Crippen LogP contribution in [0.25, 0.3) is 11.3 Å². The number of amides is 1. The maximum atomic E-state index is 13.3. The van der Waals surface area contributed by atoms with Crippen LogP contribution < -0.4 is 0 Å². The molecule has 0 saturated heterocycles. The van der Waals surface area contributed by atoms with Gasteiger partial charge in [-0.3, -0.25) is 14.6 Å². The summed E-state index contributed by atoms with van der Waals surface area (Å²) < 4.78 is 15.0. The first-order valence-electron chi connectivity index (χ1n) is 8.98. The first kappa shape index (κ1) is 18.8. The van der Waals surface area contributed by atoms with Gasteiger partial charge < -0.3 is 4.90 Å². The molecule has 0 atom stereocenters. The van der Waals surface area contributed by atoms with Gasteiger partial charge >= 0.3 is 0 Å². The number of rotatable bonds is 9. The van der Waals surface area contributed by atoms with Crippen molar-refractivity contribution >= 4 is 5.91 Å². The lowest BCUT2D eigenvalue weighted by atomic mass is 10.1. The number of aromatic amines is 1. The monoisotopic (exact) mass is 370 g/mol. The van der Waals surface area contributed by atoms with E-state index in [1.807, 2.05) is 19.2 Å². The fraction of sp³-hybridized carbons (Fsp3) is 0.368. The van der Waals surface area contributed by atoms with E-state index in [0.29, 0.717) is 19.5 Å². The second-order valence-corrected chi connectivity index (χ2v) is 6.47. The minimum Gasteiger partial charge on any atom is -0.346 e. The number of aromatic nitrogens is 5. The molecule has 0 fully saturated rings. The van der Waals surface area contributed by atoms with Gasteiger partial charge in [0.15, 0.2) is 0 Å². The third-order valence-electron chi connectivity index (χ3n) is 4.36. The average Bonchev–Trinajstić information content (AvgIpc) is 3.33. The second kappa shape index (κ2) is 9.07. The molecule has 0 aliphatic carbocycles. The van der Waals surface area contributed by atoms with Gasteiger partial charge in [0.25, 0.3) is 0 Å². The molecule has 8 heteroatoms. The number of aryl methyl sites for hydroxylation is 2. The molecular weight excluding hydrogens is 347 g/mol. The summed E-state index contributed by atoms with van der Waals surface area (Å²) >= 11 is 0. The van der Waals surface area contributed by atoms with Crippen LogP contribution in [0.1, 0.15) is 25.0 Å². The molecule has 142 valence electrons. The van der Waals surface area contributed by atoms with Gasteiger partial charge in [0.1, 0.15) is 18.5 Å². The molecule has 0 saturated carbocycles. The standard InChI is InChI=1S/C19H23FN6O/c1-25(19(27)8-4-10-26-14-21-13-22-26)9-3-7-17-12-18(24-23-17)15-5-2-6-16(20)11-15/h2,5-6,11-14H,3-4,7-10H2,1H3,(H,23,24). The Morgan fingerprint density at radius 1 is 1.30 bits per heavy atom. The van der Waals surface area contributed by atoms with Crippen LogP contribution in [0, 0.1) is 5.82 Å². The van der Waals surface area contributed by atoms with Crippen molar-refractivity contribution in [1.82, 2.24) is 29.9 Å².